The third-order valence-electron chi connectivity index (χ3n) is 3.66. The van der Waals surface area contributed by atoms with Crippen molar-refractivity contribution < 1.29 is 22.7 Å². The molecule has 2 aromatic carbocycles. The molecule has 0 unspecified atom stereocenters. The van der Waals surface area contributed by atoms with Gasteiger partial charge in [0.2, 0.25) is 10.0 Å². The number of nitrogens with zero attached hydrogens (tertiary/aromatic N) is 2. The molecule has 1 aromatic heterocycles. The van der Waals surface area contributed by atoms with Gasteiger partial charge in [-0.25, -0.2) is 17.9 Å². The number of rotatable bonds is 5. The molecule has 134 valence electrons. The van der Waals surface area contributed by atoms with Crippen LogP contribution >= 0.6 is 0 Å². The Balaban J connectivity index is 2.11. The van der Waals surface area contributed by atoms with E-state index >= 15 is 0 Å². The summed E-state index contributed by atoms with van der Waals surface area (Å²) in [7, 11) is -3.83. The molecular formula is C17H13FN3O4S-. The van der Waals surface area contributed by atoms with Crippen molar-refractivity contribution in [1.29, 1.82) is 0 Å². The summed E-state index contributed by atoms with van der Waals surface area (Å²) >= 11 is 0. The monoisotopic (exact) mass is 374 g/mol. The average Bonchev–Trinajstić information content (AvgIpc) is 2.98. The van der Waals surface area contributed by atoms with E-state index in [4.69, 9.17) is 5.14 Å². The number of carbonyl (C=O) groups is 1. The highest BCUT2D eigenvalue weighted by atomic mass is 32.2. The molecular weight excluding hydrogens is 361 g/mol. The van der Waals surface area contributed by atoms with Gasteiger partial charge in [0.05, 0.1) is 17.4 Å². The molecule has 3 aromatic rings. The van der Waals surface area contributed by atoms with Crippen molar-refractivity contribution in [3.63, 3.8) is 0 Å². The molecule has 3 rings (SSSR count). The van der Waals surface area contributed by atoms with Gasteiger partial charge in [-0.15, -0.1) is 0 Å². The van der Waals surface area contributed by atoms with E-state index in [0.717, 1.165) is 0 Å². The number of carboxylic acid groups (broad SMARTS) is 1. The number of hydrogen-bond donors (Lipinski definition) is 1. The molecule has 0 fully saturated rings. The van der Waals surface area contributed by atoms with Crippen LogP contribution in [-0.4, -0.2) is 24.2 Å². The highest BCUT2D eigenvalue weighted by molar-refractivity contribution is 7.89. The van der Waals surface area contributed by atoms with Crippen LogP contribution in [0.1, 0.15) is 0 Å². The quantitative estimate of drug-likeness (QED) is 0.707. The van der Waals surface area contributed by atoms with Crippen molar-refractivity contribution in [2.75, 3.05) is 0 Å². The third-order valence-corrected chi connectivity index (χ3v) is 4.59. The van der Waals surface area contributed by atoms with E-state index in [1.807, 2.05) is 0 Å². The first kappa shape index (κ1) is 17.8. The summed E-state index contributed by atoms with van der Waals surface area (Å²) in [6.07, 6.45) is 1.51. The van der Waals surface area contributed by atoms with Gasteiger partial charge in [0.25, 0.3) is 0 Å². The summed E-state index contributed by atoms with van der Waals surface area (Å²) in [4.78, 5) is 10.8. The number of benzene rings is 2. The summed E-state index contributed by atoms with van der Waals surface area (Å²) < 4.78 is 37.1. The molecule has 1 heterocycles. The van der Waals surface area contributed by atoms with Gasteiger partial charge in [0.15, 0.2) is 0 Å². The van der Waals surface area contributed by atoms with Gasteiger partial charge in [0, 0.05) is 17.3 Å². The molecule has 2 N–H and O–H groups in total. The Labute approximate surface area is 148 Å². The number of sulfonamides is 1. The standard InChI is InChI=1S/C17H14FN3O4S/c18-13-5-1-11(2-6-13)15-9-21(10-16(22)23)20-17(15)12-3-7-14(8-4-12)26(19,24)25/h1-9H,10H2,(H,22,23)(H2,19,24,25)/p-1. The number of primary sulfonamides is 1. The van der Waals surface area contributed by atoms with E-state index in [0.29, 0.717) is 22.4 Å². The number of halogens is 1. The maximum absolute atomic E-state index is 13.2. The van der Waals surface area contributed by atoms with E-state index in [-0.39, 0.29) is 4.90 Å². The Morgan fingerprint density at radius 2 is 1.65 bits per heavy atom. The number of aromatic nitrogens is 2. The molecule has 0 atom stereocenters. The SMILES string of the molecule is NS(=O)(=O)c1ccc(-c2nn(CC(=O)[O-])cc2-c2ccc(F)cc2)cc1. The van der Waals surface area contributed by atoms with Gasteiger partial charge < -0.3 is 9.90 Å². The molecule has 7 nitrogen and oxygen atoms in total. The number of carbonyl (C=O) groups excluding carboxylic acids is 1. The molecule has 0 spiro atoms. The van der Waals surface area contributed by atoms with Crippen molar-refractivity contribution in [2.24, 2.45) is 5.14 Å². The first-order valence-corrected chi connectivity index (χ1v) is 8.95. The lowest BCUT2D eigenvalue weighted by atomic mass is 10.0. The Hall–Kier alpha value is -3.04. The van der Waals surface area contributed by atoms with Crippen molar-refractivity contribution in [2.45, 2.75) is 11.4 Å². The third kappa shape index (κ3) is 3.79. The minimum absolute atomic E-state index is 0.0567. The highest BCUT2D eigenvalue weighted by Gasteiger charge is 2.15. The predicted octanol–water partition coefficient (Wildman–Crippen LogP) is 0.753. The van der Waals surface area contributed by atoms with Crippen molar-refractivity contribution in [1.82, 2.24) is 9.78 Å². The minimum atomic E-state index is -3.83. The molecule has 0 radical (unpaired) electrons. The molecule has 0 aliphatic rings. The topological polar surface area (TPSA) is 118 Å². The molecule has 0 aliphatic carbocycles. The lowest BCUT2D eigenvalue weighted by molar-refractivity contribution is -0.306. The van der Waals surface area contributed by atoms with E-state index in [1.54, 1.807) is 0 Å². The molecule has 0 aliphatic heterocycles. The summed E-state index contributed by atoms with van der Waals surface area (Å²) in [5, 5.41) is 20.2. The zero-order valence-electron chi connectivity index (χ0n) is 13.3. The summed E-state index contributed by atoms with van der Waals surface area (Å²) in [6, 6.07) is 11.3. The lowest BCUT2D eigenvalue weighted by Gasteiger charge is -2.04. The van der Waals surface area contributed by atoms with Crippen molar-refractivity contribution in [3.8, 4) is 22.4 Å². The van der Waals surface area contributed by atoms with Gasteiger partial charge in [-0.05, 0) is 29.8 Å². The zero-order valence-corrected chi connectivity index (χ0v) is 14.1. The van der Waals surface area contributed by atoms with Crippen LogP contribution in [0.2, 0.25) is 0 Å². The van der Waals surface area contributed by atoms with E-state index < -0.39 is 28.4 Å². The number of nitrogens with two attached hydrogens (primary N) is 1. The smallest absolute Gasteiger partial charge is 0.238 e. The van der Waals surface area contributed by atoms with Gasteiger partial charge in [-0.3, -0.25) is 4.68 Å². The van der Waals surface area contributed by atoms with Crippen LogP contribution in [0.5, 0.6) is 0 Å². The Bertz CT molecular complexity index is 1060. The first-order chi connectivity index (χ1) is 12.2. The largest absolute Gasteiger partial charge is 0.548 e. The summed E-state index contributed by atoms with van der Waals surface area (Å²) in [5.74, 6) is -1.72. The van der Waals surface area contributed by atoms with E-state index in [2.05, 4.69) is 5.10 Å². The van der Waals surface area contributed by atoms with Crippen molar-refractivity contribution >= 4 is 16.0 Å². The fourth-order valence-corrected chi connectivity index (χ4v) is 3.01. The van der Waals surface area contributed by atoms with Gasteiger partial charge >= 0.3 is 0 Å². The maximum atomic E-state index is 13.2. The van der Waals surface area contributed by atoms with E-state index in [1.165, 1.54) is 59.4 Å². The first-order valence-electron chi connectivity index (χ1n) is 7.40. The molecule has 0 saturated heterocycles. The molecule has 26 heavy (non-hydrogen) atoms. The van der Waals surface area contributed by atoms with Gasteiger partial charge in [0.1, 0.15) is 11.5 Å². The van der Waals surface area contributed by atoms with Crippen LogP contribution in [0.25, 0.3) is 22.4 Å². The number of aliphatic carboxylic acids is 1. The second-order valence-electron chi connectivity index (χ2n) is 5.54. The Morgan fingerprint density at radius 3 is 2.19 bits per heavy atom. The number of hydrogen-bond acceptors (Lipinski definition) is 5. The molecule has 0 saturated carbocycles. The second kappa shape index (κ2) is 6.70. The normalized spacial score (nSPS) is 11.5. The fraction of sp³-hybridized carbons (Fsp3) is 0.0588. The van der Waals surface area contributed by atoms with Crippen LogP contribution in [0, 0.1) is 5.82 Å². The van der Waals surface area contributed by atoms with E-state index in [9.17, 15) is 22.7 Å². The van der Waals surface area contributed by atoms with Crippen molar-refractivity contribution in [3.05, 3.63) is 60.5 Å². The van der Waals surface area contributed by atoms with Gasteiger partial charge in [-0.2, -0.15) is 5.10 Å². The lowest BCUT2D eigenvalue weighted by Crippen LogP contribution is -2.27. The van der Waals surface area contributed by atoms with Crippen LogP contribution in [0.4, 0.5) is 4.39 Å². The molecule has 0 amide bonds. The summed E-state index contributed by atoms with van der Waals surface area (Å²) in [5.41, 5.74) is 2.16. The van der Waals surface area contributed by atoms with Gasteiger partial charge in [-0.1, -0.05) is 24.3 Å². The zero-order chi connectivity index (χ0) is 18.9. The summed E-state index contributed by atoms with van der Waals surface area (Å²) in [6.45, 7) is -0.455. The Kier molecular flexibility index (Phi) is 4.58. The van der Waals surface area contributed by atoms with Crippen LogP contribution in [-0.2, 0) is 21.4 Å². The highest BCUT2D eigenvalue weighted by Crippen LogP contribution is 2.31. The van der Waals surface area contributed by atoms with Crippen LogP contribution in [0.15, 0.2) is 59.6 Å². The minimum Gasteiger partial charge on any atom is -0.548 e. The fourth-order valence-electron chi connectivity index (χ4n) is 2.49. The maximum Gasteiger partial charge on any atom is 0.238 e. The average molecular weight is 374 g/mol. The Morgan fingerprint density at radius 1 is 1.08 bits per heavy atom. The van der Waals surface area contributed by atoms with Crippen LogP contribution in [0.3, 0.4) is 0 Å². The second-order valence-corrected chi connectivity index (χ2v) is 7.10. The molecule has 0 bridgehead atoms. The predicted molar refractivity (Wildman–Crippen MR) is 89.4 cm³/mol. The van der Waals surface area contributed by atoms with Crippen LogP contribution < -0.4 is 10.2 Å². The molecule has 9 heteroatoms. The number of carboxylic acids is 1.